The summed E-state index contributed by atoms with van der Waals surface area (Å²) in [6.07, 6.45) is 0.621. The van der Waals surface area contributed by atoms with Crippen molar-refractivity contribution in [3.05, 3.63) is 40.7 Å². The van der Waals surface area contributed by atoms with E-state index < -0.39 is 12.6 Å². The highest BCUT2D eigenvalue weighted by molar-refractivity contribution is 5.93. The van der Waals surface area contributed by atoms with Crippen molar-refractivity contribution in [1.29, 1.82) is 0 Å². The number of carboxylic acids is 1. The zero-order valence-electron chi connectivity index (χ0n) is 15.8. The molecule has 0 aliphatic heterocycles. The average Bonchev–Trinajstić information content (AvgIpc) is 2.81. The molecule has 0 bridgehead atoms. The molecule has 1 aromatic heterocycles. The highest BCUT2D eigenvalue weighted by atomic mass is 16.5. The number of nitrogens with zero attached hydrogens (tertiary/aromatic N) is 2. The van der Waals surface area contributed by atoms with Gasteiger partial charge < -0.3 is 15.2 Å². The van der Waals surface area contributed by atoms with Gasteiger partial charge in [-0.15, -0.1) is 0 Å². The van der Waals surface area contributed by atoms with Crippen LogP contribution >= 0.6 is 0 Å². The van der Waals surface area contributed by atoms with Crippen molar-refractivity contribution in [2.45, 2.75) is 34.1 Å². The van der Waals surface area contributed by atoms with Gasteiger partial charge >= 0.3 is 5.97 Å². The summed E-state index contributed by atoms with van der Waals surface area (Å²) < 4.78 is 6.97. The molecule has 1 heterocycles. The molecule has 0 spiro atoms. The first kappa shape index (κ1) is 19.5. The predicted molar refractivity (Wildman–Crippen MR) is 98.5 cm³/mol. The molecule has 0 aliphatic carbocycles. The third-order valence-corrected chi connectivity index (χ3v) is 4.43. The number of hydrogen-bond donors (Lipinski definition) is 2. The first-order valence-electron chi connectivity index (χ1n) is 8.44. The second-order valence-electron chi connectivity index (χ2n) is 6.53. The van der Waals surface area contributed by atoms with Crippen LogP contribution < -0.4 is 10.1 Å². The van der Waals surface area contributed by atoms with Crippen LogP contribution in [0.25, 0.3) is 0 Å². The van der Waals surface area contributed by atoms with E-state index >= 15 is 0 Å². The van der Waals surface area contributed by atoms with Gasteiger partial charge in [0.15, 0.2) is 6.61 Å². The number of aromatic nitrogens is 2. The topological polar surface area (TPSA) is 93.4 Å². The molecule has 1 atom stereocenters. The number of carboxylic acid groups (broad SMARTS) is 1. The summed E-state index contributed by atoms with van der Waals surface area (Å²) in [6.45, 7) is 7.28. The molecule has 140 valence electrons. The number of anilines is 1. The fourth-order valence-corrected chi connectivity index (χ4v) is 2.78. The molecule has 2 N–H and O–H groups in total. The molecule has 0 fully saturated rings. The molecule has 2 rings (SSSR count). The van der Waals surface area contributed by atoms with Crippen molar-refractivity contribution in [1.82, 2.24) is 9.78 Å². The Morgan fingerprint density at radius 2 is 2.00 bits per heavy atom. The average molecular weight is 359 g/mol. The SMILES string of the molecule is Cc1cc(OCC(=O)O)ccc1NC(=O)C(C)Cc1c(C)nn(C)c1C. The van der Waals surface area contributed by atoms with E-state index in [9.17, 15) is 9.59 Å². The summed E-state index contributed by atoms with van der Waals surface area (Å²) in [6, 6.07) is 5.07. The smallest absolute Gasteiger partial charge is 0.341 e. The van der Waals surface area contributed by atoms with Gasteiger partial charge in [-0.2, -0.15) is 5.10 Å². The van der Waals surface area contributed by atoms with Crippen molar-refractivity contribution in [3.8, 4) is 5.75 Å². The normalized spacial score (nSPS) is 11.9. The van der Waals surface area contributed by atoms with E-state index in [1.165, 1.54) is 0 Å². The number of nitrogens with one attached hydrogen (secondary N) is 1. The first-order chi connectivity index (χ1) is 12.2. The van der Waals surface area contributed by atoms with Gasteiger partial charge in [0.05, 0.1) is 5.69 Å². The fourth-order valence-electron chi connectivity index (χ4n) is 2.78. The molecule has 7 nitrogen and oxygen atoms in total. The summed E-state index contributed by atoms with van der Waals surface area (Å²) in [7, 11) is 1.90. The number of benzene rings is 1. The van der Waals surface area contributed by atoms with Crippen LogP contribution in [0.15, 0.2) is 18.2 Å². The van der Waals surface area contributed by atoms with Gasteiger partial charge in [0, 0.05) is 24.3 Å². The fraction of sp³-hybridized carbons (Fsp3) is 0.421. The summed E-state index contributed by atoms with van der Waals surface area (Å²) >= 11 is 0. The number of rotatable bonds is 7. The van der Waals surface area contributed by atoms with E-state index in [0.717, 1.165) is 22.5 Å². The van der Waals surface area contributed by atoms with Crippen LogP contribution in [0.4, 0.5) is 5.69 Å². The van der Waals surface area contributed by atoms with Gasteiger partial charge in [0.1, 0.15) is 5.75 Å². The lowest BCUT2D eigenvalue weighted by Crippen LogP contribution is -2.23. The van der Waals surface area contributed by atoms with E-state index in [1.54, 1.807) is 18.2 Å². The number of aryl methyl sites for hydroxylation is 3. The highest BCUT2D eigenvalue weighted by Crippen LogP contribution is 2.23. The van der Waals surface area contributed by atoms with Crippen LogP contribution in [0, 0.1) is 26.7 Å². The summed E-state index contributed by atoms with van der Waals surface area (Å²) in [5.74, 6) is -0.860. The largest absolute Gasteiger partial charge is 0.482 e. The van der Waals surface area contributed by atoms with E-state index in [2.05, 4.69) is 10.4 Å². The molecular formula is C19H25N3O4. The standard InChI is InChI=1S/C19H25N3O4/c1-11-8-15(26-10-18(23)24)6-7-17(11)20-19(25)12(2)9-16-13(3)21-22(5)14(16)4/h6-8,12H,9-10H2,1-5H3,(H,20,25)(H,23,24). The minimum absolute atomic E-state index is 0.0741. The van der Waals surface area contributed by atoms with E-state index in [1.807, 2.05) is 39.4 Å². The molecule has 1 unspecified atom stereocenters. The lowest BCUT2D eigenvalue weighted by molar-refractivity contribution is -0.139. The van der Waals surface area contributed by atoms with Crippen molar-refractivity contribution in [3.63, 3.8) is 0 Å². The second-order valence-corrected chi connectivity index (χ2v) is 6.53. The van der Waals surface area contributed by atoms with Gasteiger partial charge in [-0.1, -0.05) is 6.92 Å². The number of ether oxygens (including phenoxy) is 1. The van der Waals surface area contributed by atoms with E-state index in [4.69, 9.17) is 9.84 Å². The molecule has 0 radical (unpaired) electrons. The van der Waals surface area contributed by atoms with Gasteiger partial charge in [0.2, 0.25) is 5.91 Å². The second kappa shape index (κ2) is 8.03. The first-order valence-corrected chi connectivity index (χ1v) is 8.44. The minimum Gasteiger partial charge on any atom is -0.482 e. The monoisotopic (exact) mass is 359 g/mol. The maximum Gasteiger partial charge on any atom is 0.341 e. The quantitative estimate of drug-likeness (QED) is 0.793. The van der Waals surface area contributed by atoms with Gasteiger partial charge in [-0.05, 0) is 56.5 Å². The highest BCUT2D eigenvalue weighted by Gasteiger charge is 2.19. The lowest BCUT2D eigenvalue weighted by atomic mass is 9.98. The van der Waals surface area contributed by atoms with E-state index in [0.29, 0.717) is 17.9 Å². The van der Waals surface area contributed by atoms with Crippen molar-refractivity contribution < 1.29 is 19.4 Å². The number of amides is 1. The van der Waals surface area contributed by atoms with Crippen LogP contribution in [-0.4, -0.2) is 33.4 Å². The molecule has 0 saturated carbocycles. The maximum atomic E-state index is 12.6. The number of carbonyl (C=O) groups is 2. The number of aliphatic carboxylic acids is 1. The summed E-state index contributed by atoms with van der Waals surface area (Å²) in [5, 5.41) is 16.0. The van der Waals surface area contributed by atoms with Crippen LogP contribution in [0.5, 0.6) is 5.75 Å². The molecule has 7 heteroatoms. The number of carbonyl (C=O) groups excluding carboxylic acids is 1. The number of hydrogen-bond acceptors (Lipinski definition) is 4. The van der Waals surface area contributed by atoms with Crippen molar-refractivity contribution >= 4 is 17.6 Å². The van der Waals surface area contributed by atoms with E-state index in [-0.39, 0.29) is 11.8 Å². The summed E-state index contributed by atoms with van der Waals surface area (Å²) in [5.41, 5.74) is 4.61. The van der Waals surface area contributed by atoms with Crippen LogP contribution in [0.2, 0.25) is 0 Å². The molecule has 26 heavy (non-hydrogen) atoms. The Balaban J connectivity index is 2.03. The molecule has 0 aliphatic rings. The van der Waals surface area contributed by atoms with Gasteiger partial charge in [-0.25, -0.2) is 4.79 Å². The Bertz CT molecular complexity index is 826. The molecule has 0 saturated heterocycles. The zero-order chi connectivity index (χ0) is 19.4. The Labute approximate surface area is 153 Å². The van der Waals surface area contributed by atoms with Gasteiger partial charge in [0.25, 0.3) is 0 Å². The van der Waals surface area contributed by atoms with Crippen LogP contribution in [-0.2, 0) is 23.1 Å². The zero-order valence-corrected chi connectivity index (χ0v) is 15.8. The lowest BCUT2D eigenvalue weighted by Gasteiger charge is -2.15. The Morgan fingerprint density at radius 1 is 1.31 bits per heavy atom. The minimum atomic E-state index is -1.03. The summed E-state index contributed by atoms with van der Waals surface area (Å²) in [4.78, 5) is 23.1. The van der Waals surface area contributed by atoms with Crippen LogP contribution in [0.1, 0.15) is 29.4 Å². The molecule has 1 amide bonds. The molecular weight excluding hydrogens is 334 g/mol. The third-order valence-electron chi connectivity index (χ3n) is 4.43. The van der Waals surface area contributed by atoms with Crippen molar-refractivity contribution in [2.24, 2.45) is 13.0 Å². The molecule has 2 aromatic rings. The van der Waals surface area contributed by atoms with Crippen LogP contribution in [0.3, 0.4) is 0 Å². The Kier molecular flexibility index (Phi) is 6.02. The predicted octanol–water partition coefficient (Wildman–Crippen LogP) is 2.63. The van der Waals surface area contributed by atoms with Gasteiger partial charge in [-0.3, -0.25) is 9.48 Å². The Hall–Kier alpha value is -2.83. The van der Waals surface area contributed by atoms with Crippen molar-refractivity contribution in [2.75, 3.05) is 11.9 Å². The molecule has 1 aromatic carbocycles. The maximum absolute atomic E-state index is 12.6. The third kappa shape index (κ3) is 4.62. The Morgan fingerprint density at radius 3 is 2.54 bits per heavy atom.